The Labute approximate surface area is 216 Å². The van der Waals surface area contributed by atoms with Crippen molar-refractivity contribution in [2.45, 2.75) is 58.3 Å². The number of halogens is 1. The molecule has 3 aromatic heterocycles. The van der Waals surface area contributed by atoms with Gasteiger partial charge in [0, 0.05) is 45.4 Å². The molecule has 1 saturated heterocycles. The summed E-state index contributed by atoms with van der Waals surface area (Å²) in [6, 6.07) is 5.84. The standard InChI is InChI=1S/C26H34FN7O2Si/c1-16(2)30-26(35)20-14-33(15-36-8-9-37(3,4)5)25-24(20)31-21(13-29-25)23-19-7-6-17(27)10-22(19)34(32-23)18-11-28-12-18/h6-7,10,13-14,16,18,28H,8-9,11-12,15H2,1-5H3,(H,30,35). The quantitative estimate of drug-likeness (QED) is 0.252. The normalized spacial score (nSPS) is 14.6. The minimum absolute atomic E-state index is 0.0272. The molecule has 5 rings (SSSR count). The maximum atomic E-state index is 14.1. The number of amides is 1. The van der Waals surface area contributed by atoms with E-state index < -0.39 is 8.07 Å². The Kier molecular flexibility index (Phi) is 6.86. The first-order valence-corrected chi connectivity index (χ1v) is 16.4. The Hall–Kier alpha value is -3.15. The molecule has 2 N–H and O–H groups in total. The lowest BCUT2D eigenvalue weighted by molar-refractivity contribution is 0.0890. The van der Waals surface area contributed by atoms with Crippen molar-refractivity contribution >= 4 is 36.0 Å². The number of benzene rings is 1. The van der Waals surface area contributed by atoms with Gasteiger partial charge in [-0.15, -0.1) is 0 Å². The Bertz CT molecular complexity index is 1450. The van der Waals surface area contributed by atoms with Gasteiger partial charge in [0.15, 0.2) is 5.65 Å². The first kappa shape index (κ1) is 25.5. The van der Waals surface area contributed by atoms with E-state index in [0.29, 0.717) is 34.7 Å². The number of nitrogens with one attached hydrogen (secondary N) is 2. The number of ether oxygens (including phenoxy) is 1. The average Bonchev–Trinajstić information content (AvgIpc) is 3.33. The maximum absolute atomic E-state index is 14.1. The van der Waals surface area contributed by atoms with Gasteiger partial charge in [-0.05, 0) is 38.1 Å². The molecule has 0 atom stereocenters. The molecule has 0 bridgehead atoms. The third-order valence-corrected chi connectivity index (χ3v) is 8.18. The highest BCUT2D eigenvalue weighted by molar-refractivity contribution is 6.76. The third-order valence-electron chi connectivity index (χ3n) is 6.47. The van der Waals surface area contributed by atoms with Gasteiger partial charge in [-0.2, -0.15) is 5.10 Å². The molecule has 0 saturated carbocycles. The topological polar surface area (TPSA) is 98.9 Å². The monoisotopic (exact) mass is 523 g/mol. The molecule has 196 valence electrons. The van der Waals surface area contributed by atoms with E-state index in [9.17, 15) is 9.18 Å². The predicted octanol–water partition coefficient (Wildman–Crippen LogP) is 4.18. The zero-order chi connectivity index (χ0) is 26.3. The van der Waals surface area contributed by atoms with Crippen LogP contribution in [0.3, 0.4) is 0 Å². The highest BCUT2D eigenvalue weighted by Crippen LogP contribution is 2.31. The molecule has 1 aromatic carbocycles. The second kappa shape index (κ2) is 9.96. The third kappa shape index (κ3) is 5.29. The SMILES string of the molecule is CC(C)NC(=O)c1cn(COCC[Si](C)(C)C)c2ncc(-c3nn(C4CNC4)c4cc(F)ccc34)nc12. The summed E-state index contributed by atoms with van der Waals surface area (Å²) in [5.41, 5.74) is 3.36. The van der Waals surface area contributed by atoms with Crippen molar-refractivity contribution in [2.75, 3.05) is 19.7 Å². The summed E-state index contributed by atoms with van der Waals surface area (Å²) in [4.78, 5) is 22.7. The smallest absolute Gasteiger partial charge is 0.255 e. The molecule has 1 aliphatic rings. The second-order valence-corrected chi connectivity index (χ2v) is 16.8. The molecule has 4 aromatic rings. The van der Waals surface area contributed by atoms with Crippen LogP contribution in [0.5, 0.6) is 0 Å². The van der Waals surface area contributed by atoms with E-state index in [1.807, 2.05) is 23.1 Å². The van der Waals surface area contributed by atoms with Gasteiger partial charge >= 0.3 is 0 Å². The minimum atomic E-state index is -1.22. The largest absolute Gasteiger partial charge is 0.361 e. The van der Waals surface area contributed by atoms with E-state index in [0.717, 1.165) is 30.0 Å². The van der Waals surface area contributed by atoms with Gasteiger partial charge in [-0.25, -0.2) is 14.4 Å². The second-order valence-electron chi connectivity index (χ2n) is 11.2. The van der Waals surface area contributed by atoms with Gasteiger partial charge in [0.2, 0.25) is 0 Å². The number of hydrogen-bond donors (Lipinski definition) is 2. The fraction of sp³-hybridized carbons (Fsp3) is 0.462. The summed E-state index contributed by atoms with van der Waals surface area (Å²) < 4.78 is 23.8. The van der Waals surface area contributed by atoms with Gasteiger partial charge in [0.25, 0.3) is 5.91 Å². The van der Waals surface area contributed by atoms with Crippen LogP contribution in [-0.4, -0.2) is 64.0 Å². The molecule has 37 heavy (non-hydrogen) atoms. The van der Waals surface area contributed by atoms with Crippen molar-refractivity contribution in [3.63, 3.8) is 0 Å². The molecule has 0 aliphatic carbocycles. The van der Waals surface area contributed by atoms with Crippen molar-refractivity contribution in [3.8, 4) is 11.4 Å². The number of fused-ring (bicyclic) bond motifs is 2. The van der Waals surface area contributed by atoms with Crippen LogP contribution in [0.15, 0.2) is 30.6 Å². The zero-order valence-electron chi connectivity index (χ0n) is 22.0. The number of carbonyl (C=O) groups excluding carboxylic acids is 1. The van der Waals surface area contributed by atoms with Crippen molar-refractivity contribution < 1.29 is 13.9 Å². The zero-order valence-corrected chi connectivity index (χ0v) is 23.0. The molecular formula is C26H34FN7O2Si. The maximum Gasteiger partial charge on any atom is 0.255 e. The van der Waals surface area contributed by atoms with E-state index in [1.165, 1.54) is 12.1 Å². The van der Waals surface area contributed by atoms with Crippen LogP contribution in [0.25, 0.3) is 33.5 Å². The van der Waals surface area contributed by atoms with E-state index >= 15 is 0 Å². The van der Waals surface area contributed by atoms with Gasteiger partial charge < -0.3 is 19.9 Å². The van der Waals surface area contributed by atoms with E-state index in [2.05, 4.69) is 30.3 Å². The summed E-state index contributed by atoms with van der Waals surface area (Å²) in [6.07, 6.45) is 3.42. The van der Waals surface area contributed by atoms with Crippen molar-refractivity contribution in [3.05, 3.63) is 42.0 Å². The predicted molar refractivity (Wildman–Crippen MR) is 145 cm³/mol. The van der Waals surface area contributed by atoms with Gasteiger partial charge in [-0.1, -0.05) is 19.6 Å². The molecule has 9 nitrogen and oxygen atoms in total. The van der Waals surface area contributed by atoms with Crippen LogP contribution in [0.1, 0.15) is 30.2 Å². The van der Waals surface area contributed by atoms with Crippen molar-refractivity contribution in [1.29, 1.82) is 0 Å². The summed E-state index contributed by atoms with van der Waals surface area (Å²) in [7, 11) is -1.22. The Morgan fingerprint density at radius 2 is 2.08 bits per heavy atom. The van der Waals surface area contributed by atoms with E-state index in [4.69, 9.17) is 19.8 Å². The lowest BCUT2D eigenvalue weighted by Crippen LogP contribution is -2.43. The Balaban J connectivity index is 1.56. The van der Waals surface area contributed by atoms with Crippen LogP contribution in [0.2, 0.25) is 25.7 Å². The van der Waals surface area contributed by atoms with Crippen LogP contribution >= 0.6 is 0 Å². The van der Waals surface area contributed by atoms with Crippen LogP contribution in [0.4, 0.5) is 4.39 Å². The Morgan fingerprint density at radius 3 is 2.76 bits per heavy atom. The molecule has 4 heterocycles. The summed E-state index contributed by atoms with van der Waals surface area (Å²) in [5.74, 6) is -0.529. The van der Waals surface area contributed by atoms with Gasteiger partial charge in [-0.3, -0.25) is 9.48 Å². The number of aromatic nitrogens is 5. The molecule has 1 fully saturated rings. The fourth-order valence-electron chi connectivity index (χ4n) is 4.34. The number of nitrogens with zero attached hydrogens (tertiary/aromatic N) is 5. The molecule has 1 aliphatic heterocycles. The summed E-state index contributed by atoms with van der Waals surface area (Å²) in [5, 5.41) is 11.8. The highest BCUT2D eigenvalue weighted by Gasteiger charge is 2.26. The number of carbonyl (C=O) groups is 1. The first-order chi connectivity index (χ1) is 17.6. The van der Waals surface area contributed by atoms with Crippen LogP contribution in [-0.2, 0) is 11.5 Å². The molecular weight excluding hydrogens is 489 g/mol. The number of hydrogen-bond acceptors (Lipinski definition) is 6. The van der Waals surface area contributed by atoms with Gasteiger partial charge in [0.1, 0.15) is 29.5 Å². The molecule has 11 heteroatoms. The first-order valence-electron chi connectivity index (χ1n) is 12.7. The van der Waals surface area contributed by atoms with Crippen molar-refractivity contribution in [2.24, 2.45) is 0 Å². The number of rotatable bonds is 9. The average molecular weight is 524 g/mol. The van der Waals surface area contributed by atoms with E-state index in [1.54, 1.807) is 18.5 Å². The highest BCUT2D eigenvalue weighted by atomic mass is 28.3. The molecule has 0 radical (unpaired) electrons. The van der Waals surface area contributed by atoms with Crippen molar-refractivity contribution in [1.82, 2.24) is 34.9 Å². The van der Waals surface area contributed by atoms with Crippen LogP contribution in [0, 0.1) is 5.82 Å². The molecule has 0 spiro atoms. The van der Waals surface area contributed by atoms with Gasteiger partial charge in [0.05, 0.1) is 23.3 Å². The Morgan fingerprint density at radius 1 is 1.30 bits per heavy atom. The van der Waals surface area contributed by atoms with E-state index in [-0.39, 0.29) is 30.5 Å². The molecule has 0 unspecified atom stereocenters. The minimum Gasteiger partial charge on any atom is -0.361 e. The molecule has 1 amide bonds. The fourth-order valence-corrected chi connectivity index (χ4v) is 5.09. The summed E-state index contributed by atoms with van der Waals surface area (Å²) in [6.45, 7) is 13.3. The van der Waals surface area contributed by atoms with Crippen LogP contribution < -0.4 is 10.6 Å². The summed E-state index contributed by atoms with van der Waals surface area (Å²) >= 11 is 0. The lowest BCUT2D eigenvalue weighted by Gasteiger charge is -2.27. The lowest BCUT2D eigenvalue weighted by atomic mass is 10.1.